The Morgan fingerprint density at radius 2 is 1.86 bits per heavy atom. The van der Waals surface area contributed by atoms with Gasteiger partial charge in [0.1, 0.15) is 5.69 Å². The van der Waals surface area contributed by atoms with Crippen LogP contribution in [0.3, 0.4) is 0 Å². The number of aromatic amines is 1. The summed E-state index contributed by atoms with van der Waals surface area (Å²) in [5.74, 6) is 1.25. The van der Waals surface area contributed by atoms with Crippen LogP contribution in [0.5, 0.6) is 11.5 Å². The molecule has 1 aromatic carbocycles. The summed E-state index contributed by atoms with van der Waals surface area (Å²) in [6, 6.07) is 8.98. The Hall–Kier alpha value is -3.55. The predicted molar refractivity (Wildman–Crippen MR) is 106 cm³/mol. The maximum absolute atomic E-state index is 12.7. The number of hydrogen-bond acceptors (Lipinski definition) is 5. The molecule has 0 fully saturated rings. The lowest BCUT2D eigenvalue weighted by molar-refractivity contribution is 0.355. The van der Waals surface area contributed by atoms with Crippen molar-refractivity contribution in [2.45, 2.75) is 20.4 Å². The second-order valence-electron chi connectivity index (χ2n) is 6.38. The van der Waals surface area contributed by atoms with Gasteiger partial charge in [-0.15, -0.1) is 0 Å². The molecule has 0 atom stereocenters. The minimum absolute atomic E-state index is 0.194. The van der Waals surface area contributed by atoms with E-state index in [1.165, 1.54) is 10.6 Å². The molecule has 0 aliphatic heterocycles. The minimum Gasteiger partial charge on any atom is -0.493 e. The molecule has 0 spiro atoms. The van der Waals surface area contributed by atoms with Crippen LogP contribution in [0.15, 0.2) is 41.3 Å². The zero-order valence-electron chi connectivity index (χ0n) is 16.2. The maximum atomic E-state index is 12.7. The molecular weight excluding hydrogens is 358 g/mol. The highest BCUT2D eigenvalue weighted by molar-refractivity contribution is 5.82. The van der Waals surface area contributed by atoms with Crippen molar-refractivity contribution >= 4 is 5.65 Å². The summed E-state index contributed by atoms with van der Waals surface area (Å²) in [5.41, 5.74) is 4.08. The second-order valence-corrected chi connectivity index (χ2v) is 6.38. The molecule has 0 unspecified atom stereocenters. The van der Waals surface area contributed by atoms with Gasteiger partial charge in [-0.1, -0.05) is 6.07 Å². The number of nitrogens with one attached hydrogen (secondary N) is 1. The van der Waals surface area contributed by atoms with Gasteiger partial charge >= 0.3 is 0 Å². The number of rotatable bonds is 5. The highest BCUT2D eigenvalue weighted by Gasteiger charge is 2.17. The Balaban J connectivity index is 1.94. The van der Waals surface area contributed by atoms with E-state index in [0.717, 1.165) is 23.4 Å². The van der Waals surface area contributed by atoms with Crippen LogP contribution in [0, 0.1) is 6.92 Å². The van der Waals surface area contributed by atoms with Gasteiger partial charge in [0.05, 0.1) is 19.9 Å². The Bertz CT molecular complexity index is 1220. The molecule has 0 bridgehead atoms. The summed E-state index contributed by atoms with van der Waals surface area (Å²) < 4.78 is 14.0. The van der Waals surface area contributed by atoms with Gasteiger partial charge in [0.25, 0.3) is 5.56 Å². The molecule has 0 saturated heterocycles. The number of nitrogens with zero attached hydrogens (tertiary/aromatic N) is 4. The van der Waals surface area contributed by atoms with Crippen LogP contribution in [0.2, 0.25) is 0 Å². The molecule has 4 aromatic rings. The zero-order valence-corrected chi connectivity index (χ0v) is 16.2. The number of aryl methyl sites for hydroxylation is 2. The van der Waals surface area contributed by atoms with E-state index < -0.39 is 0 Å². The van der Waals surface area contributed by atoms with Crippen molar-refractivity contribution in [2.75, 3.05) is 14.2 Å². The van der Waals surface area contributed by atoms with Crippen molar-refractivity contribution in [2.24, 2.45) is 0 Å². The van der Waals surface area contributed by atoms with Crippen LogP contribution in [0.25, 0.3) is 28.2 Å². The first-order chi connectivity index (χ1) is 13.5. The van der Waals surface area contributed by atoms with Crippen LogP contribution >= 0.6 is 0 Å². The molecular formula is C20H21N5O3. The second kappa shape index (κ2) is 6.88. The fraction of sp³-hybridized carbons (Fsp3) is 0.250. The van der Waals surface area contributed by atoms with Crippen LogP contribution in [-0.4, -0.2) is 38.6 Å². The molecule has 0 aliphatic rings. The first-order valence-electron chi connectivity index (χ1n) is 8.94. The summed E-state index contributed by atoms with van der Waals surface area (Å²) in [5, 5.41) is 7.56. The third-order valence-corrected chi connectivity index (χ3v) is 4.70. The molecule has 4 rings (SSSR count). The Morgan fingerprint density at radius 3 is 2.54 bits per heavy atom. The normalized spacial score (nSPS) is 11.1. The van der Waals surface area contributed by atoms with Crippen molar-refractivity contribution in [3.63, 3.8) is 0 Å². The molecule has 28 heavy (non-hydrogen) atoms. The summed E-state index contributed by atoms with van der Waals surface area (Å²) in [6.07, 6.45) is 1.87. The molecule has 0 radical (unpaired) electrons. The minimum atomic E-state index is -0.194. The van der Waals surface area contributed by atoms with E-state index >= 15 is 0 Å². The molecule has 0 amide bonds. The maximum Gasteiger partial charge on any atom is 0.273 e. The van der Waals surface area contributed by atoms with E-state index in [4.69, 9.17) is 14.5 Å². The van der Waals surface area contributed by atoms with Gasteiger partial charge in [-0.2, -0.15) is 5.10 Å². The number of benzene rings is 1. The van der Waals surface area contributed by atoms with Gasteiger partial charge in [-0.25, -0.2) is 9.50 Å². The van der Waals surface area contributed by atoms with Crippen molar-refractivity contribution in [3.05, 3.63) is 52.6 Å². The standard InChI is InChI=1S/C20H21N5O3/c1-5-24-9-8-14(23-24)15-11-18(26)25-20(21-15)19(12(2)22-25)13-6-7-16(27-3)17(10-13)28-4/h6-11,22H,5H2,1-4H3. The molecule has 1 N–H and O–H groups in total. The van der Waals surface area contributed by atoms with Crippen LogP contribution in [0.4, 0.5) is 0 Å². The largest absolute Gasteiger partial charge is 0.493 e. The van der Waals surface area contributed by atoms with E-state index in [-0.39, 0.29) is 5.56 Å². The van der Waals surface area contributed by atoms with Gasteiger partial charge in [0.2, 0.25) is 0 Å². The van der Waals surface area contributed by atoms with Crippen LogP contribution in [0.1, 0.15) is 12.6 Å². The highest BCUT2D eigenvalue weighted by atomic mass is 16.5. The Labute approximate surface area is 161 Å². The number of aromatic nitrogens is 5. The lowest BCUT2D eigenvalue weighted by Gasteiger charge is -2.09. The van der Waals surface area contributed by atoms with E-state index in [0.29, 0.717) is 28.5 Å². The highest BCUT2D eigenvalue weighted by Crippen LogP contribution is 2.35. The lowest BCUT2D eigenvalue weighted by atomic mass is 10.1. The third-order valence-electron chi connectivity index (χ3n) is 4.70. The third kappa shape index (κ3) is 2.83. The van der Waals surface area contributed by atoms with E-state index in [1.807, 2.05) is 44.3 Å². The summed E-state index contributed by atoms with van der Waals surface area (Å²) >= 11 is 0. The number of fused-ring (bicyclic) bond motifs is 1. The number of methoxy groups -OCH3 is 2. The molecule has 8 nitrogen and oxygen atoms in total. The van der Waals surface area contributed by atoms with Gasteiger partial charge in [0, 0.05) is 30.1 Å². The monoisotopic (exact) mass is 379 g/mol. The number of H-pyrrole nitrogens is 1. The molecule has 144 valence electrons. The van der Waals surface area contributed by atoms with Crippen molar-refractivity contribution in [1.82, 2.24) is 24.4 Å². The average molecular weight is 379 g/mol. The van der Waals surface area contributed by atoms with E-state index in [9.17, 15) is 4.79 Å². The first-order valence-corrected chi connectivity index (χ1v) is 8.94. The fourth-order valence-electron chi connectivity index (χ4n) is 3.29. The SMILES string of the molecule is CCn1ccc(-c2cc(=O)n3[nH]c(C)c(-c4ccc(OC)c(OC)c4)c3n2)n1. The van der Waals surface area contributed by atoms with Gasteiger partial charge in [-0.05, 0) is 37.6 Å². The van der Waals surface area contributed by atoms with E-state index in [1.54, 1.807) is 18.9 Å². The Morgan fingerprint density at radius 1 is 1.07 bits per heavy atom. The van der Waals surface area contributed by atoms with Gasteiger partial charge in [0.15, 0.2) is 17.1 Å². The topological polar surface area (TPSA) is 86.4 Å². The lowest BCUT2D eigenvalue weighted by Crippen LogP contribution is -2.14. The van der Waals surface area contributed by atoms with Gasteiger partial charge in [-0.3, -0.25) is 14.6 Å². The molecule has 0 aliphatic carbocycles. The van der Waals surface area contributed by atoms with Crippen LogP contribution in [-0.2, 0) is 6.54 Å². The van der Waals surface area contributed by atoms with Crippen LogP contribution < -0.4 is 15.0 Å². The smallest absolute Gasteiger partial charge is 0.273 e. The predicted octanol–water partition coefficient (Wildman–Crippen LogP) is 2.90. The van der Waals surface area contributed by atoms with E-state index in [2.05, 4.69) is 10.2 Å². The summed E-state index contributed by atoms with van der Waals surface area (Å²) in [6.45, 7) is 4.67. The number of hydrogen-bond donors (Lipinski definition) is 1. The summed E-state index contributed by atoms with van der Waals surface area (Å²) in [7, 11) is 3.19. The van der Waals surface area contributed by atoms with Gasteiger partial charge < -0.3 is 9.47 Å². The summed E-state index contributed by atoms with van der Waals surface area (Å²) in [4.78, 5) is 17.4. The van der Waals surface area contributed by atoms with Crippen molar-refractivity contribution < 1.29 is 9.47 Å². The number of ether oxygens (including phenoxy) is 2. The van der Waals surface area contributed by atoms with Crippen molar-refractivity contribution in [3.8, 4) is 34.0 Å². The average Bonchev–Trinajstić information content (AvgIpc) is 3.31. The first kappa shape index (κ1) is 17.8. The fourth-order valence-corrected chi connectivity index (χ4v) is 3.29. The molecule has 0 saturated carbocycles. The Kier molecular flexibility index (Phi) is 4.38. The molecule has 8 heteroatoms. The van der Waals surface area contributed by atoms with Crippen molar-refractivity contribution in [1.29, 1.82) is 0 Å². The zero-order chi connectivity index (χ0) is 19.8. The molecule has 3 heterocycles. The quantitative estimate of drug-likeness (QED) is 0.576. The molecule has 3 aromatic heterocycles.